The van der Waals surface area contributed by atoms with Gasteiger partial charge in [0.15, 0.2) is 0 Å². The van der Waals surface area contributed by atoms with E-state index in [1.807, 2.05) is 0 Å². The van der Waals surface area contributed by atoms with Crippen LogP contribution in [-0.4, -0.2) is 23.5 Å². The molecule has 0 saturated carbocycles. The molecule has 0 bridgehead atoms. The first kappa shape index (κ1) is 14.2. The third-order valence-electron chi connectivity index (χ3n) is 2.79. The van der Waals surface area contributed by atoms with Gasteiger partial charge in [0.05, 0.1) is 0 Å². The molecule has 1 N–H and O–H groups in total. The summed E-state index contributed by atoms with van der Waals surface area (Å²) in [4.78, 5) is 11.0. The minimum absolute atomic E-state index is 0.558. The zero-order chi connectivity index (χ0) is 11.6. The van der Waals surface area contributed by atoms with Crippen LogP contribution in [0.2, 0.25) is 25.2 Å². The Balaban J connectivity index is 4.55. The van der Waals surface area contributed by atoms with Crippen LogP contribution in [0.15, 0.2) is 0 Å². The summed E-state index contributed by atoms with van der Waals surface area (Å²) in [6, 6.07) is 0. The third-order valence-corrected chi connectivity index (χ3v) is 6.52. The van der Waals surface area contributed by atoms with E-state index < -0.39 is 18.4 Å². The minimum Gasteiger partial charge on any atom is -0.480 e. The van der Waals surface area contributed by atoms with Crippen molar-refractivity contribution in [3.63, 3.8) is 0 Å². The van der Waals surface area contributed by atoms with Crippen LogP contribution in [0.4, 0.5) is 0 Å². The van der Waals surface area contributed by atoms with Crippen LogP contribution in [0.25, 0.3) is 0 Å². The van der Waals surface area contributed by atoms with Gasteiger partial charge in [0.25, 0.3) is 0 Å². The molecule has 0 rings (SSSR count). The molecule has 0 aromatic carbocycles. The smallest absolute Gasteiger partial charge is 0.320 e. The van der Waals surface area contributed by atoms with Crippen molar-refractivity contribution in [3.05, 3.63) is 0 Å². The summed E-state index contributed by atoms with van der Waals surface area (Å²) in [5, 5.41) is 9.02. The van der Waals surface area contributed by atoms with Crippen molar-refractivity contribution < 1.29 is 9.90 Å². The van der Waals surface area contributed by atoms with Crippen molar-refractivity contribution in [2.75, 3.05) is 0 Å². The van der Waals surface area contributed by atoms with Gasteiger partial charge in [-0.15, -0.1) is 0 Å². The highest BCUT2D eigenvalue weighted by molar-refractivity contribution is 9.10. The molecule has 2 atom stereocenters. The molecule has 84 valence electrons. The fourth-order valence-electron chi connectivity index (χ4n) is 1.61. The monoisotopic (exact) mass is 280 g/mol. The second-order valence-electron chi connectivity index (χ2n) is 5.18. The van der Waals surface area contributed by atoms with Gasteiger partial charge in [-0.05, 0) is 18.9 Å². The molecule has 0 spiro atoms. The number of carboxylic acids is 1. The number of carbonyl (C=O) groups is 1. The Hall–Kier alpha value is 0.167. The van der Waals surface area contributed by atoms with E-state index in [0.29, 0.717) is 5.54 Å². The Kier molecular flexibility index (Phi) is 4.85. The van der Waals surface area contributed by atoms with Gasteiger partial charge in [-0.2, -0.15) is 0 Å². The molecule has 0 aromatic rings. The molecule has 0 amide bonds. The molecule has 0 aliphatic carbocycles. The summed E-state index contributed by atoms with van der Waals surface area (Å²) in [5.41, 5.74) is 0.558. The first-order valence-electron chi connectivity index (χ1n) is 5.03. The Bertz CT molecular complexity index is 209. The predicted molar refractivity (Wildman–Crippen MR) is 67.0 cm³/mol. The van der Waals surface area contributed by atoms with Crippen molar-refractivity contribution in [3.8, 4) is 0 Å². The van der Waals surface area contributed by atoms with E-state index in [1.54, 1.807) is 6.92 Å². The first-order chi connectivity index (χ1) is 6.11. The van der Waals surface area contributed by atoms with Crippen LogP contribution in [0.5, 0.6) is 0 Å². The van der Waals surface area contributed by atoms with E-state index >= 15 is 0 Å². The number of carboxylic acid groups (broad SMARTS) is 1. The number of alkyl halides is 1. The van der Waals surface area contributed by atoms with Crippen LogP contribution >= 0.6 is 15.9 Å². The predicted octanol–water partition coefficient (Wildman–Crippen LogP) is 3.73. The van der Waals surface area contributed by atoms with Gasteiger partial charge in [-0.1, -0.05) is 48.9 Å². The molecule has 2 nitrogen and oxygen atoms in total. The van der Waals surface area contributed by atoms with Gasteiger partial charge in [0.1, 0.15) is 4.32 Å². The normalized spacial score (nSPS) is 18.7. The van der Waals surface area contributed by atoms with Gasteiger partial charge in [0, 0.05) is 8.07 Å². The molecule has 2 unspecified atom stereocenters. The summed E-state index contributed by atoms with van der Waals surface area (Å²) in [5.74, 6) is -0.755. The maximum absolute atomic E-state index is 11.0. The standard InChI is InChI=1S/C10H21BrO2Si/c1-6-8(14(3,4)5)7-10(2,11)9(12)13/h8H,6-7H2,1-5H3,(H,12,13). The lowest BCUT2D eigenvalue weighted by Gasteiger charge is -2.32. The van der Waals surface area contributed by atoms with Crippen molar-refractivity contribution in [2.24, 2.45) is 0 Å². The number of aliphatic carboxylic acids is 1. The largest absolute Gasteiger partial charge is 0.480 e. The van der Waals surface area contributed by atoms with E-state index in [9.17, 15) is 4.79 Å². The van der Waals surface area contributed by atoms with Crippen molar-refractivity contribution in [1.29, 1.82) is 0 Å². The number of rotatable bonds is 5. The van der Waals surface area contributed by atoms with E-state index in [-0.39, 0.29) is 0 Å². The third kappa shape index (κ3) is 4.13. The molecule has 0 aromatic heterocycles. The lowest BCUT2D eigenvalue weighted by Crippen LogP contribution is -2.36. The van der Waals surface area contributed by atoms with E-state index in [2.05, 4.69) is 42.5 Å². The second kappa shape index (κ2) is 4.79. The molecule has 0 radical (unpaired) electrons. The molecule has 0 saturated heterocycles. The molecule has 0 fully saturated rings. The van der Waals surface area contributed by atoms with Gasteiger partial charge in [-0.3, -0.25) is 4.79 Å². The maximum Gasteiger partial charge on any atom is 0.320 e. The molecule has 0 aliphatic rings. The Morgan fingerprint density at radius 3 is 2.14 bits per heavy atom. The van der Waals surface area contributed by atoms with Crippen LogP contribution in [0.1, 0.15) is 26.7 Å². The fraction of sp³-hybridized carbons (Fsp3) is 0.900. The quantitative estimate of drug-likeness (QED) is 0.616. The average Bonchev–Trinajstić information content (AvgIpc) is 1.97. The summed E-state index contributed by atoms with van der Waals surface area (Å²) >= 11 is 3.30. The average molecular weight is 281 g/mol. The van der Waals surface area contributed by atoms with E-state index in [1.165, 1.54) is 0 Å². The van der Waals surface area contributed by atoms with Crippen LogP contribution in [0, 0.1) is 0 Å². The van der Waals surface area contributed by atoms with Gasteiger partial charge < -0.3 is 5.11 Å². The fourth-order valence-corrected chi connectivity index (χ4v) is 4.55. The summed E-state index contributed by atoms with van der Waals surface area (Å²) in [6.07, 6.45) is 1.80. The van der Waals surface area contributed by atoms with Crippen molar-refractivity contribution in [1.82, 2.24) is 0 Å². The van der Waals surface area contributed by atoms with Crippen molar-refractivity contribution >= 4 is 30.0 Å². The van der Waals surface area contributed by atoms with Crippen LogP contribution in [0.3, 0.4) is 0 Å². The summed E-state index contributed by atoms with van der Waals surface area (Å²) in [6.45, 7) is 10.8. The highest BCUT2D eigenvalue weighted by atomic mass is 79.9. The topological polar surface area (TPSA) is 37.3 Å². The molecule has 4 heteroatoms. The zero-order valence-corrected chi connectivity index (χ0v) is 12.3. The summed E-state index contributed by atoms with van der Waals surface area (Å²) in [7, 11) is -1.24. The Labute approximate surface area is 96.2 Å². The Morgan fingerprint density at radius 2 is 1.93 bits per heavy atom. The highest BCUT2D eigenvalue weighted by Gasteiger charge is 2.36. The number of hydrogen-bond donors (Lipinski definition) is 1. The minimum atomic E-state index is -1.24. The first-order valence-corrected chi connectivity index (χ1v) is 9.40. The van der Waals surface area contributed by atoms with E-state index in [0.717, 1.165) is 12.8 Å². The van der Waals surface area contributed by atoms with Crippen LogP contribution in [-0.2, 0) is 4.79 Å². The van der Waals surface area contributed by atoms with Gasteiger partial charge in [0.2, 0.25) is 0 Å². The lowest BCUT2D eigenvalue weighted by atomic mass is 10.0. The van der Waals surface area contributed by atoms with Gasteiger partial charge >= 0.3 is 5.97 Å². The van der Waals surface area contributed by atoms with Crippen LogP contribution < -0.4 is 0 Å². The molecular weight excluding hydrogens is 260 g/mol. The number of hydrogen-bond acceptors (Lipinski definition) is 1. The summed E-state index contributed by atoms with van der Waals surface area (Å²) < 4.78 is -0.756. The maximum atomic E-state index is 11.0. The second-order valence-corrected chi connectivity index (χ2v) is 12.5. The van der Waals surface area contributed by atoms with E-state index in [4.69, 9.17) is 5.11 Å². The molecule has 0 aliphatic heterocycles. The lowest BCUT2D eigenvalue weighted by molar-refractivity contribution is -0.139. The molecule has 0 heterocycles. The Morgan fingerprint density at radius 1 is 1.50 bits per heavy atom. The SMILES string of the molecule is CCC(CC(C)(Br)C(=O)O)[Si](C)(C)C. The van der Waals surface area contributed by atoms with Gasteiger partial charge in [-0.25, -0.2) is 0 Å². The molecular formula is C10H21BrO2Si. The van der Waals surface area contributed by atoms with Crippen molar-refractivity contribution in [2.45, 2.75) is 56.2 Å². The zero-order valence-electron chi connectivity index (χ0n) is 9.72. The highest BCUT2D eigenvalue weighted by Crippen LogP contribution is 2.37. The molecule has 14 heavy (non-hydrogen) atoms. The number of halogens is 1.